The Morgan fingerprint density at radius 3 is 2.32 bits per heavy atom. The second-order valence-electron chi connectivity index (χ2n) is 9.03. The number of carbonyl (C=O) groups is 2. The van der Waals surface area contributed by atoms with Crippen LogP contribution >= 0.6 is 0 Å². The topological polar surface area (TPSA) is 67.2 Å². The third kappa shape index (κ3) is 3.71. The van der Waals surface area contributed by atoms with Crippen molar-refractivity contribution in [1.82, 2.24) is 19.8 Å². The first kappa shape index (κ1) is 21.1. The van der Waals surface area contributed by atoms with Gasteiger partial charge in [0.1, 0.15) is 11.9 Å². The van der Waals surface area contributed by atoms with Crippen LogP contribution in [0.25, 0.3) is 11.0 Å². The third-order valence-corrected chi connectivity index (χ3v) is 6.15. The van der Waals surface area contributed by atoms with Crippen LogP contribution in [0.2, 0.25) is 0 Å². The normalized spacial score (nSPS) is 15.6. The van der Waals surface area contributed by atoms with Crippen molar-refractivity contribution in [2.45, 2.75) is 46.3 Å². The first-order valence-corrected chi connectivity index (χ1v) is 10.9. The van der Waals surface area contributed by atoms with Gasteiger partial charge in [-0.3, -0.25) is 9.59 Å². The molecule has 0 saturated heterocycles. The van der Waals surface area contributed by atoms with Crippen molar-refractivity contribution in [3.63, 3.8) is 0 Å². The molecule has 1 N–H and O–H groups in total. The minimum absolute atomic E-state index is 0.0217. The Bertz CT molecular complexity index is 1130. The summed E-state index contributed by atoms with van der Waals surface area (Å²) in [6, 6.07) is 14.8. The number of nitrogens with zero attached hydrogens (tertiary/aromatic N) is 3. The summed E-state index contributed by atoms with van der Waals surface area (Å²) >= 11 is 0. The molecule has 2 unspecified atom stereocenters. The van der Waals surface area contributed by atoms with E-state index in [1.54, 1.807) is 4.90 Å². The number of amides is 2. The summed E-state index contributed by atoms with van der Waals surface area (Å²) < 4.78 is 2.04. The molecule has 6 heteroatoms. The van der Waals surface area contributed by atoms with Crippen LogP contribution in [0, 0.1) is 11.8 Å². The maximum Gasteiger partial charge on any atom is 0.255 e. The highest BCUT2D eigenvalue weighted by atomic mass is 16.2. The van der Waals surface area contributed by atoms with Crippen molar-refractivity contribution in [2.75, 3.05) is 0 Å². The van der Waals surface area contributed by atoms with Gasteiger partial charge in [-0.25, -0.2) is 4.98 Å². The zero-order valence-electron chi connectivity index (χ0n) is 18.8. The van der Waals surface area contributed by atoms with Gasteiger partial charge in [0, 0.05) is 19.2 Å². The molecule has 0 bridgehead atoms. The average molecular weight is 419 g/mol. The van der Waals surface area contributed by atoms with E-state index in [2.05, 4.69) is 19.2 Å². The number of aromatic nitrogens is 2. The number of imidazole rings is 1. The maximum atomic E-state index is 13.5. The van der Waals surface area contributed by atoms with Crippen LogP contribution in [0.5, 0.6) is 0 Å². The van der Waals surface area contributed by atoms with Gasteiger partial charge in [-0.1, -0.05) is 58.0 Å². The SMILES string of the molecule is CC(C)C(NC(=O)C(C(C)C)N1Cc2ccccc2C1=O)c1nc2ccccc2n1C. The molecule has 1 aromatic heterocycles. The van der Waals surface area contributed by atoms with Crippen molar-refractivity contribution in [2.24, 2.45) is 18.9 Å². The molecule has 0 aliphatic carbocycles. The Balaban J connectivity index is 1.63. The second-order valence-corrected chi connectivity index (χ2v) is 9.03. The third-order valence-electron chi connectivity index (χ3n) is 6.15. The number of carbonyl (C=O) groups excluding carboxylic acids is 2. The fourth-order valence-corrected chi connectivity index (χ4v) is 4.52. The van der Waals surface area contributed by atoms with Gasteiger partial charge in [0.15, 0.2) is 0 Å². The predicted octanol–water partition coefficient (Wildman–Crippen LogP) is 4.07. The Hall–Kier alpha value is -3.15. The van der Waals surface area contributed by atoms with E-state index in [4.69, 9.17) is 4.98 Å². The lowest BCUT2D eigenvalue weighted by molar-refractivity contribution is -0.128. The zero-order valence-corrected chi connectivity index (χ0v) is 18.8. The first-order chi connectivity index (χ1) is 14.8. The molecule has 4 rings (SSSR count). The van der Waals surface area contributed by atoms with Crippen molar-refractivity contribution < 1.29 is 9.59 Å². The van der Waals surface area contributed by atoms with E-state index in [1.165, 1.54) is 0 Å². The predicted molar refractivity (Wildman–Crippen MR) is 121 cm³/mol. The summed E-state index contributed by atoms with van der Waals surface area (Å²) in [6.07, 6.45) is 0. The quantitative estimate of drug-likeness (QED) is 0.656. The van der Waals surface area contributed by atoms with Crippen molar-refractivity contribution in [1.29, 1.82) is 0 Å². The van der Waals surface area contributed by atoms with Crippen molar-refractivity contribution in [3.8, 4) is 0 Å². The highest BCUT2D eigenvalue weighted by Crippen LogP contribution is 2.29. The number of nitrogens with one attached hydrogen (secondary N) is 1. The Morgan fingerprint density at radius 1 is 1.00 bits per heavy atom. The molecule has 162 valence electrons. The molecule has 6 nitrogen and oxygen atoms in total. The molecule has 2 aromatic carbocycles. The molecule has 0 fully saturated rings. The molecule has 0 spiro atoms. The fourth-order valence-electron chi connectivity index (χ4n) is 4.52. The number of para-hydroxylation sites is 2. The number of hydrogen-bond donors (Lipinski definition) is 1. The molecule has 2 amide bonds. The van der Waals surface area contributed by atoms with Crippen LogP contribution in [-0.4, -0.2) is 32.3 Å². The molecule has 3 aromatic rings. The van der Waals surface area contributed by atoms with E-state index in [-0.39, 0.29) is 29.7 Å². The van der Waals surface area contributed by atoms with Crippen LogP contribution in [0.1, 0.15) is 55.5 Å². The Kier molecular flexibility index (Phi) is 5.56. The molecule has 1 aliphatic rings. The van der Waals surface area contributed by atoms with Gasteiger partial charge >= 0.3 is 0 Å². The Morgan fingerprint density at radius 2 is 1.68 bits per heavy atom. The molecule has 1 aliphatic heterocycles. The maximum absolute atomic E-state index is 13.5. The highest BCUT2D eigenvalue weighted by molar-refractivity contribution is 6.01. The summed E-state index contributed by atoms with van der Waals surface area (Å²) in [5.41, 5.74) is 3.60. The summed E-state index contributed by atoms with van der Waals surface area (Å²) in [5.74, 6) is 0.726. The van der Waals surface area contributed by atoms with Gasteiger partial charge in [0.25, 0.3) is 5.91 Å². The smallest absolute Gasteiger partial charge is 0.255 e. The minimum Gasteiger partial charge on any atom is -0.344 e. The van der Waals surface area contributed by atoms with E-state index in [9.17, 15) is 9.59 Å². The van der Waals surface area contributed by atoms with Crippen LogP contribution in [-0.2, 0) is 18.4 Å². The van der Waals surface area contributed by atoms with Crippen molar-refractivity contribution >= 4 is 22.8 Å². The molecule has 2 heterocycles. The lowest BCUT2D eigenvalue weighted by Gasteiger charge is -2.32. The standard InChI is InChI=1S/C25H30N4O2/c1-15(2)21(23-26-19-12-8-9-13-20(19)28(23)5)27-24(30)22(16(3)4)29-14-17-10-6-7-11-18(17)25(29)31/h6-13,15-16,21-22H,14H2,1-5H3,(H,27,30). The second kappa shape index (κ2) is 8.17. The number of hydrogen-bond acceptors (Lipinski definition) is 3. The van der Waals surface area contributed by atoms with Crippen molar-refractivity contribution in [3.05, 3.63) is 65.5 Å². The summed E-state index contributed by atoms with van der Waals surface area (Å²) in [6.45, 7) is 8.58. The lowest BCUT2D eigenvalue weighted by atomic mass is 9.98. The first-order valence-electron chi connectivity index (χ1n) is 10.9. The van der Waals surface area contributed by atoms with E-state index in [1.807, 2.05) is 74.0 Å². The molecule has 0 saturated carbocycles. The lowest BCUT2D eigenvalue weighted by Crippen LogP contribution is -2.51. The summed E-state index contributed by atoms with van der Waals surface area (Å²) in [7, 11) is 1.98. The van der Waals surface area contributed by atoms with Crippen LogP contribution in [0.3, 0.4) is 0 Å². The van der Waals surface area contributed by atoms with E-state index < -0.39 is 6.04 Å². The molecular formula is C25H30N4O2. The molecule has 0 radical (unpaired) electrons. The summed E-state index contributed by atoms with van der Waals surface area (Å²) in [4.78, 5) is 33.1. The fraction of sp³-hybridized carbons (Fsp3) is 0.400. The Labute approximate surface area is 183 Å². The number of fused-ring (bicyclic) bond motifs is 2. The van der Waals surface area contributed by atoms with E-state index >= 15 is 0 Å². The number of benzene rings is 2. The van der Waals surface area contributed by atoms with Gasteiger partial charge in [0.2, 0.25) is 5.91 Å². The monoisotopic (exact) mass is 418 g/mol. The van der Waals surface area contributed by atoms with Gasteiger partial charge in [-0.2, -0.15) is 0 Å². The minimum atomic E-state index is -0.546. The van der Waals surface area contributed by atoms with Gasteiger partial charge in [-0.05, 0) is 35.6 Å². The van der Waals surface area contributed by atoms with Crippen LogP contribution < -0.4 is 5.32 Å². The zero-order chi connectivity index (χ0) is 22.3. The molecular weight excluding hydrogens is 388 g/mol. The van der Waals surface area contributed by atoms with Crippen LogP contribution in [0.4, 0.5) is 0 Å². The van der Waals surface area contributed by atoms with Crippen LogP contribution in [0.15, 0.2) is 48.5 Å². The number of rotatable bonds is 6. The molecule has 2 atom stereocenters. The van der Waals surface area contributed by atoms with E-state index in [0.29, 0.717) is 12.1 Å². The van der Waals surface area contributed by atoms with Gasteiger partial charge in [-0.15, -0.1) is 0 Å². The highest BCUT2D eigenvalue weighted by Gasteiger charge is 2.39. The number of aryl methyl sites for hydroxylation is 1. The van der Waals surface area contributed by atoms with E-state index in [0.717, 1.165) is 22.4 Å². The van der Waals surface area contributed by atoms with Gasteiger partial charge in [0.05, 0.1) is 17.1 Å². The largest absolute Gasteiger partial charge is 0.344 e. The summed E-state index contributed by atoms with van der Waals surface area (Å²) in [5, 5.41) is 3.22. The molecule has 31 heavy (non-hydrogen) atoms. The van der Waals surface area contributed by atoms with Gasteiger partial charge < -0.3 is 14.8 Å². The average Bonchev–Trinajstić information content (AvgIpc) is 3.24.